The second-order valence-corrected chi connectivity index (χ2v) is 4.11. The Bertz CT molecular complexity index is 425. The van der Waals surface area contributed by atoms with E-state index in [9.17, 15) is 19.4 Å². The summed E-state index contributed by atoms with van der Waals surface area (Å²) in [7, 11) is 0. The molecule has 0 aliphatic carbocycles. The van der Waals surface area contributed by atoms with Crippen LogP contribution in [0.4, 0.5) is 10.1 Å². The van der Waals surface area contributed by atoms with Crippen molar-refractivity contribution in [1.29, 1.82) is 0 Å². The lowest BCUT2D eigenvalue weighted by atomic mass is 9.97. The molecule has 0 aliphatic rings. The van der Waals surface area contributed by atoms with Crippen molar-refractivity contribution in [2.45, 2.75) is 18.9 Å². The average molecular weight is 256 g/mol. The number of rotatable bonds is 5. The van der Waals surface area contributed by atoms with Crippen LogP contribution in [-0.2, 0) is 0 Å². The van der Waals surface area contributed by atoms with Gasteiger partial charge in [-0.15, -0.1) is 0 Å². The number of halogens is 1. The maximum Gasteiger partial charge on any atom is 0.254 e. The third-order valence-electron chi connectivity index (χ3n) is 2.96. The number of para-hydroxylation sites is 1. The van der Waals surface area contributed by atoms with Gasteiger partial charge in [0.05, 0.1) is 30.0 Å². The summed E-state index contributed by atoms with van der Waals surface area (Å²) >= 11 is 0. The van der Waals surface area contributed by atoms with E-state index >= 15 is 0 Å². The van der Waals surface area contributed by atoms with Crippen molar-refractivity contribution >= 4 is 11.6 Å². The monoisotopic (exact) mass is 256 g/mol. The molecule has 5 nitrogen and oxygen atoms in total. The summed E-state index contributed by atoms with van der Waals surface area (Å²) in [5, 5.41) is 20.9. The minimum atomic E-state index is -1.13. The van der Waals surface area contributed by atoms with E-state index < -0.39 is 30.5 Å². The van der Waals surface area contributed by atoms with Crippen LogP contribution >= 0.6 is 0 Å². The zero-order chi connectivity index (χ0) is 13.8. The number of hydrogen-bond acceptors (Lipinski definition) is 4. The molecule has 0 saturated carbocycles. The Hall–Kier alpha value is -1.66. The van der Waals surface area contributed by atoms with Crippen LogP contribution in [0.25, 0.3) is 0 Å². The summed E-state index contributed by atoms with van der Waals surface area (Å²) in [6.07, 6.45) is 0.334. The Morgan fingerprint density at radius 1 is 1.44 bits per heavy atom. The molecule has 5 N–H and O–H groups in total. The predicted octanol–water partition coefficient (Wildman–Crippen LogP) is 0.271. The number of aliphatic hydroxyl groups excluding tert-OH is 2. The molecule has 1 aromatic rings. The number of nitrogen functional groups attached to an aromatic ring is 1. The number of amides is 1. The second-order valence-electron chi connectivity index (χ2n) is 4.11. The lowest BCUT2D eigenvalue weighted by molar-refractivity contribution is 0.0653. The van der Waals surface area contributed by atoms with Crippen molar-refractivity contribution in [2.75, 3.05) is 18.9 Å². The summed E-state index contributed by atoms with van der Waals surface area (Å²) in [4.78, 5) is 11.9. The first kappa shape index (κ1) is 14.4. The van der Waals surface area contributed by atoms with Gasteiger partial charge in [-0.1, -0.05) is 13.0 Å². The van der Waals surface area contributed by atoms with E-state index in [1.807, 2.05) is 0 Å². The molecule has 0 unspecified atom stereocenters. The Balaban J connectivity index is 2.98. The predicted molar refractivity (Wildman–Crippen MR) is 65.5 cm³/mol. The molecule has 0 aromatic heterocycles. The third-order valence-corrected chi connectivity index (χ3v) is 2.96. The number of carbonyl (C=O) groups excluding carboxylic acids is 1. The molecule has 0 bridgehead atoms. The van der Waals surface area contributed by atoms with Gasteiger partial charge in [0.25, 0.3) is 5.91 Å². The maximum absolute atomic E-state index is 13.2. The molecule has 0 spiro atoms. The lowest BCUT2D eigenvalue weighted by Crippen LogP contribution is -2.53. The van der Waals surface area contributed by atoms with Gasteiger partial charge in [-0.05, 0) is 18.6 Å². The van der Waals surface area contributed by atoms with Crippen molar-refractivity contribution < 1.29 is 19.4 Å². The molecule has 0 aliphatic heterocycles. The summed E-state index contributed by atoms with van der Waals surface area (Å²) in [5.41, 5.74) is 4.06. The molecule has 100 valence electrons. The van der Waals surface area contributed by atoms with E-state index in [2.05, 4.69) is 5.32 Å². The highest BCUT2D eigenvalue weighted by Crippen LogP contribution is 2.17. The number of nitrogens with one attached hydrogen (secondary N) is 1. The van der Waals surface area contributed by atoms with E-state index in [-0.39, 0.29) is 11.3 Å². The zero-order valence-corrected chi connectivity index (χ0v) is 10.1. The highest BCUT2D eigenvalue weighted by molar-refractivity contribution is 5.99. The smallest absolute Gasteiger partial charge is 0.254 e. The molecule has 0 saturated heterocycles. The van der Waals surface area contributed by atoms with Crippen molar-refractivity contribution in [3.63, 3.8) is 0 Å². The Labute approximate surface area is 104 Å². The normalized spacial score (nSPS) is 11.3. The molecular formula is C12H17FN2O3. The first-order valence-electron chi connectivity index (χ1n) is 5.58. The molecule has 18 heavy (non-hydrogen) atoms. The fraction of sp³-hybridized carbons (Fsp3) is 0.417. The molecule has 1 amide bonds. The van der Waals surface area contributed by atoms with Crippen LogP contribution in [0.5, 0.6) is 0 Å². The lowest BCUT2D eigenvalue weighted by Gasteiger charge is -2.29. The number of anilines is 1. The quantitative estimate of drug-likeness (QED) is 0.569. The standard InChI is InChI=1S/C12H17FN2O3/c1-2-12(6-16,7-17)15-11(18)8-4-3-5-9(13)10(8)14/h3-5,16-17H,2,6-7,14H2,1H3,(H,15,18). The van der Waals surface area contributed by atoms with Crippen LogP contribution in [0.3, 0.4) is 0 Å². The summed E-state index contributed by atoms with van der Waals surface area (Å²) < 4.78 is 13.2. The van der Waals surface area contributed by atoms with Gasteiger partial charge >= 0.3 is 0 Å². The van der Waals surface area contributed by atoms with Crippen LogP contribution < -0.4 is 11.1 Å². The van der Waals surface area contributed by atoms with Gasteiger partial charge in [-0.25, -0.2) is 4.39 Å². The van der Waals surface area contributed by atoms with Crippen LogP contribution in [0.2, 0.25) is 0 Å². The average Bonchev–Trinajstić information content (AvgIpc) is 2.39. The topological polar surface area (TPSA) is 95.6 Å². The van der Waals surface area contributed by atoms with Crippen molar-refractivity contribution in [2.24, 2.45) is 0 Å². The summed E-state index contributed by atoms with van der Waals surface area (Å²) in [6.45, 7) is 0.879. The fourth-order valence-corrected chi connectivity index (χ4v) is 1.48. The number of benzene rings is 1. The molecule has 1 rings (SSSR count). The Morgan fingerprint density at radius 2 is 2.06 bits per heavy atom. The minimum absolute atomic E-state index is 0.0188. The van der Waals surface area contributed by atoms with Crippen LogP contribution in [0.15, 0.2) is 18.2 Å². The van der Waals surface area contributed by atoms with E-state index in [4.69, 9.17) is 5.73 Å². The Morgan fingerprint density at radius 3 is 2.56 bits per heavy atom. The first-order chi connectivity index (χ1) is 8.49. The van der Waals surface area contributed by atoms with E-state index in [0.717, 1.165) is 6.07 Å². The van der Waals surface area contributed by atoms with Gasteiger partial charge in [0.1, 0.15) is 5.82 Å². The fourth-order valence-electron chi connectivity index (χ4n) is 1.48. The summed E-state index contributed by atoms with van der Waals surface area (Å²) in [5.74, 6) is -1.31. The molecule has 0 radical (unpaired) electrons. The number of nitrogens with two attached hydrogens (primary N) is 1. The molecular weight excluding hydrogens is 239 g/mol. The highest BCUT2D eigenvalue weighted by Gasteiger charge is 2.29. The number of aliphatic hydroxyl groups is 2. The van der Waals surface area contributed by atoms with Gasteiger partial charge in [-0.3, -0.25) is 4.79 Å². The SMILES string of the molecule is CCC(CO)(CO)NC(=O)c1cccc(F)c1N. The third kappa shape index (κ3) is 2.77. The zero-order valence-electron chi connectivity index (χ0n) is 10.1. The van der Waals surface area contributed by atoms with Crippen molar-refractivity contribution in [1.82, 2.24) is 5.32 Å². The van der Waals surface area contributed by atoms with Gasteiger partial charge in [0.15, 0.2) is 0 Å². The second kappa shape index (κ2) is 5.79. The maximum atomic E-state index is 13.2. The Kier molecular flexibility index (Phi) is 4.63. The molecule has 0 atom stereocenters. The molecule has 1 aromatic carbocycles. The van der Waals surface area contributed by atoms with E-state index in [1.54, 1.807) is 6.92 Å². The highest BCUT2D eigenvalue weighted by atomic mass is 19.1. The van der Waals surface area contributed by atoms with Gasteiger partial charge in [-0.2, -0.15) is 0 Å². The number of carbonyl (C=O) groups is 1. The van der Waals surface area contributed by atoms with Crippen LogP contribution in [-0.4, -0.2) is 34.9 Å². The minimum Gasteiger partial charge on any atom is -0.396 e. The largest absolute Gasteiger partial charge is 0.396 e. The van der Waals surface area contributed by atoms with Crippen LogP contribution in [0.1, 0.15) is 23.7 Å². The van der Waals surface area contributed by atoms with Crippen molar-refractivity contribution in [3.8, 4) is 0 Å². The van der Waals surface area contributed by atoms with Crippen LogP contribution in [0, 0.1) is 5.82 Å². The number of hydrogen-bond donors (Lipinski definition) is 4. The first-order valence-corrected chi connectivity index (χ1v) is 5.58. The van der Waals surface area contributed by atoms with Gasteiger partial charge < -0.3 is 21.3 Å². The molecule has 6 heteroatoms. The van der Waals surface area contributed by atoms with Crippen molar-refractivity contribution in [3.05, 3.63) is 29.6 Å². The van der Waals surface area contributed by atoms with Gasteiger partial charge in [0, 0.05) is 0 Å². The molecule has 0 fully saturated rings. The summed E-state index contributed by atoms with van der Waals surface area (Å²) in [6, 6.07) is 3.90. The molecule has 0 heterocycles. The van der Waals surface area contributed by atoms with E-state index in [1.165, 1.54) is 12.1 Å². The van der Waals surface area contributed by atoms with Gasteiger partial charge in [0.2, 0.25) is 0 Å². The van der Waals surface area contributed by atoms with E-state index in [0.29, 0.717) is 6.42 Å².